The molecule has 1 nitrogen and oxygen atoms in total. The maximum Gasteiger partial charge on any atom is 0.0930 e. The van der Waals surface area contributed by atoms with Gasteiger partial charge in [-0.3, -0.25) is 0 Å². The first-order valence-electron chi connectivity index (χ1n) is 4.46. The molecular formula is C9H17O. The third kappa shape index (κ3) is 2.30. The van der Waals surface area contributed by atoms with Crippen LogP contribution in [0, 0.1) is 5.92 Å². The van der Waals surface area contributed by atoms with Crippen LogP contribution in [0.15, 0.2) is 0 Å². The largest absolute Gasteiger partial charge is 0.233 e. The molecular weight excluding hydrogens is 124 g/mol. The first kappa shape index (κ1) is 8.06. The van der Waals surface area contributed by atoms with Gasteiger partial charge in [-0.1, -0.05) is 25.7 Å². The third-order valence-electron chi connectivity index (χ3n) is 2.56. The summed E-state index contributed by atoms with van der Waals surface area (Å²) < 4.78 is 0. The van der Waals surface area contributed by atoms with Gasteiger partial charge in [0.15, 0.2) is 0 Å². The highest BCUT2D eigenvalue weighted by atomic mass is 16.3. The van der Waals surface area contributed by atoms with Crippen LogP contribution in [0.1, 0.15) is 45.4 Å². The maximum absolute atomic E-state index is 11.0. The molecule has 0 aromatic carbocycles. The van der Waals surface area contributed by atoms with Crippen molar-refractivity contribution in [3.63, 3.8) is 0 Å². The van der Waals surface area contributed by atoms with E-state index in [0.29, 0.717) is 5.92 Å². The Hall–Kier alpha value is -0.0400. The lowest BCUT2D eigenvalue weighted by Crippen LogP contribution is -2.13. The minimum Gasteiger partial charge on any atom is -0.233 e. The number of rotatable bonds is 1. The van der Waals surface area contributed by atoms with Crippen molar-refractivity contribution in [2.75, 3.05) is 0 Å². The number of hydrogen-bond acceptors (Lipinski definition) is 0. The van der Waals surface area contributed by atoms with Crippen molar-refractivity contribution in [3.05, 3.63) is 0 Å². The highest BCUT2D eigenvalue weighted by Crippen LogP contribution is 2.25. The summed E-state index contributed by atoms with van der Waals surface area (Å²) in [4.78, 5) is 0. The average molecular weight is 141 g/mol. The zero-order valence-electron chi connectivity index (χ0n) is 6.81. The molecule has 0 aliphatic heterocycles. The van der Waals surface area contributed by atoms with Crippen molar-refractivity contribution in [1.29, 1.82) is 0 Å². The minimum atomic E-state index is -0.321. The molecule has 1 radical (unpaired) electrons. The molecule has 1 saturated carbocycles. The summed E-state index contributed by atoms with van der Waals surface area (Å²) >= 11 is 0. The molecule has 0 amide bonds. The second kappa shape index (κ2) is 3.97. The van der Waals surface area contributed by atoms with Crippen LogP contribution in [-0.4, -0.2) is 6.10 Å². The smallest absolute Gasteiger partial charge is 0.0930 e. The highest BCUT2D eigenvalue weighted by Gasteiger charge is 2.17. The Morgan fingerprint density at radius 2 is 1.60 bits per heavy atom. The van der Waals surface area contributed by atoms with Crippen LogP contribution in [0.4, 0.5) is 0 Å². The Labute approximate surface area is 63.4 Å². The average Bonchev–Trinajstić information content (AvgIpc) is 2.12. The molecule has 1 fully saturated rings. The molecule has 0 aromatic rings. The normalized spacial score (nSPS) is 25.8. The van der Waals surface area contributed by atoms with Gasteiger partial charge in [0.1, 0.15) is 0 Å². The van der Waals surface area contributed by atoms with Crippen LogP contribution in [-0.2, 0) is 5.11 Å². The van der Waals surface area contributed by atoms with Gasteiger partial charge in [-0.05, 0) is 25.7 Å². The van der Waals surface area contributed by atoms with Crippen molar-refractivity contribution < 1.29 is 5.11 Å². The highest BCUT2D eigenvalue weighted by molar-refractivity contribution is 4.68. The van der Waals surface area contributed by atoms with Crippen LogP contribution >= 0.6 is 0 Å². The standard InChI is InChI=1S/C9H17O/c1-8(10)9-6-4-2-3-5-7-9/h8-9H,2-7H2,1H3. The van der Waals surface area contributed by atoms with E-state index in [1.54, 1.807) is 0 Å². The second-order valence-electron chi connectivity index (χ2n) is 3.46. The van der Waals surface area contributed by atoms with Gasteiger partial charge in [0.05, 0.1) is 6.10 Å². The Kier molecular flexibility index (Phi) is 3.20. The molecule has 1 unspecified atom stereocenters. The Balaban J connectivity index is 2.28. The van der Waals surface area contributed by atoms with Gasteiger partial charge in [0, 0.05) is 0 Å². The Morgan fingerprint density at radius 3 is 2.00 bits per heavy atom. The molecule has 0 N–H and O–H groups in total. The molecule has 0 saturated heterocycles. The summed E-state index contributed by atoms with van der Waals surface area (Å²) in [7, 11) is 0. The molecule has 1 atom stereocenters. The van der Waals surface area contributed by atoms with Gasteiger partial charge in [-0.25, -0.2) is 5.11 Å². The van der Waals surface area contributed by atoms with E-state index in [4.69, 9.17) is 0 Å². The van der Waals surface area contributed by atoms with Gasteiger partial charge >= 0.3 is 0 Å². The fraction of sp³-hybridized carbons (Fsp3) is 1.00. The van der Waals surface area contributed by atoms with E-state index in [2.05, 4.69) is 0 Å². The zero-order valence-corrected chi connectivity index (χ0v) is 6.81. The predicted octanol–water partition coefficient (Wildman–Crippen LogP) is 2.78. The summed E-state index contributed by atoms with van der Waals surface area (Å²) in [6.07, 6.45) is 7.33. The van der Waals surface area contributed by atoms with E-state index in [0.717, 1.165) is 0 Å². The maximum atomic E-state index is 11.0. The van der Waals surface area contributed by atoms with Crippen molar-refractivity contribution in [1.82, 2.24) is 0 Å². The molecule has 0 bridgehead atoms. The van der Waals surface area contributed by atoms with E-state index >= 15 is 0 Å². The van der Waals surface area contributed by atoms with Crippen molar-refractivity contribution >= 4 is 0 Å². The quantitative estimate of drug-likeness (QED) is 0.500. The third-order valence-corrected chi connectivity index (χ3v) is 2.56. The summed E-state index contributed by atoms with van der Waals surface area (Å²) in [5, 5.41) is 11.0. The molecule has 0 spiro atoms. The first-order valence-corrected chi connectivity index (χ1v) is 4.46. The van der Waals surface area contributed by atoms with Gasteiger partial charge < -0.3 is 0 Å². The van der Waals surface area contributed by atoms with Crippen molar-refractivity contribution in [3.8, 4) is 0 Å². The van der Waals surface area contributed by atoms with Crippen LogP contribution < -0.4 is 0 Å². The Morgan fingerprint density at radius 1 is 1.10 bits per heavy atom. The van der Waals surface area contributed by atoms with Crippen molar-refractivity contribution in [2.24, 2.45) is 5.92 Å². The molecule has 1 aliphatic carbocycles. The van der Waals surface area contributed by atoms with Crippen LogP contribution in [0.3, 0.4) is 0 Å². The summed E-state index contributed by atoms with van der Waals surface area (Å²) in [5.74, 6) is 0.488. The predicted molar refractivity (Wildman–Crippen MR) is 41.3 cm³/mol. The number of hydrogen-bond donors (Lipinski definition) is 0. The molecule has 0 heterocycles. The van der Waals surface area contributed by atoms with E-state index in [1.165, 1.54) is 38.5 Å². The van der Waals surface area contributed by atoms with Crippen LogP contribution in [0.5, 0.6) is 0 Å². The van der Waals surface area contributed by atoms with Gasteiger partial charge in [-0.15, -0.1) is 0 Å². The lowest BCUT2D eigenvalue weighted by molar-refractivity contribution is 0.0456. The molecule has 59 valence electrons. The van der Waals surface area contributed by atoms with Crippen molar-refractivity contribution in [2.45, 2.75) is 51.6 Å². The van der Waals surface area contributed by atoms with Crippen LogP contribution in [0.2, 0.25) is 0 Å². The second-order valence-corrected chi connectivity index (χ2v) is 3.46. The molecule has 1 aliphatic rings. The first-order chi connectivity index (χ1) is 4.80. The minimum absolute atomic E-state index is 0.321. The fourth-order valence-electron chi connectivity index (χ4n) is 1.78. The topological polar surface area (TPSA) is 19.9 Å². The van der Waals surface area contributed by atoms with Gasteiger partial charge in [0.2, 0.25) is 0 Å². The fourth-order valence-corrected chi connectivity index (χ4v) is 1.78. The molecule has 1 rings (SSSR count). The van der Waals surface area contributed by atoms with E-state index in [1.807, 2.05) is 6.92 Å². The molecule has 10 heavy (non-hydrogen) atoms. The lowest BCUT2D eigenvalue weighted by atomic mass is 9.95. The van der Waals surface area contributed by atoms with E-state index in [-0.39, 0.29) is 6.10 Å². The van der Waals surface area contributed by atoms with Gasteiger partial charge in [0.25, 0.3) is 0 Å². The lowest BCUT2D eigenvalue weighted by Gasteiger charge is -2.14. The zero-order chi connectivity index (χ0) is 7.40. The van der Waals surface area contributed by atoms with Gasteiger partial charge in [-0.2, -0.15) is 0 Å². The van der Waals surface area contributed by atoms with E-state index in [9.17, 15) is 5.11 Å². The molecule has 1 heteroatoms. The summed E-state index contributed by atoms with van der Waals surface area (Å²) in [6, 6.07) is 0. The van der Waals surface area contributed by atoms with Crippen LogP contribution in [0.25, 0.3) is 0 Å². The Bertz CT molecular complexity index is 80.7. The summed E-state index contributed by atoms with van der Waals surface area (Å²) in [6.45, 7) is 1.82. The van der Waals surface area contributed by atoms with E-state index < -0.39 is 0 Å². The molecule has 0 aromatic heterocycles. The SMILES string of the molecule is CC([O])C1CCCCCC1. The summed E-state index contributed by atoms with van der Waals surface area (Å²) in [5.41, 5.74) is 0. The monoisotopic (exact) mass is 141 g/mol.